The number of aryl methyl sites for hydroxylation is 4. The average molecular weight is 246 g/mol. The number of benzene rings is 1. The molecule has 2 aromatic rings. The van der Waals surface area contributed by atoms with E-state index < -0.39 is 0 Å². The van der Waals surface area contributed by atoms with E-state index in [1.165, 1.54) is 0 Å². The molecule has 0 atom stereocenters. The molecule has 0 radical (unpaired) electrons. The van der Waals surface area contributed by atoms with E-state index in [-0.39, 0.29) is 11.6 Å². The van der Waals surface area contributed by atoms with Gasteiger partial charge in [-0.1, -0.05) is 0 Å². The second-order valence-electron chi connectivity index (χ2n) is 4.58. The van der Waals surface area contributed by atoms with Crippen molar-refractivity contribution < 1.29 is 13.6 Å². The van der Waals surface area contributed by atoms with Crippen molar-refractivity contribution >= 4 is 5.78 Å². The fraction of sp³-hybridized carbons (Fsp3) is 0.267. The Morgan fingerprint density at radius 2 is 1.61 bits per heavy atom. The van der Waals surface area contributed by atoms with E-state index in [0.29, 0.717) is 33.8 Å². The highest BCUT2D eigenvalue weighted by Crippen LogP contribution is 2.21. The summed E-state index contributed by atoms with van der Waals surface area (Å²) in [7, 11) is 0. The molecule has 1 aromatic carbocycles. The lowest BCUT2D eigenvalue weighted by atomic mass is 9.99. The molecule has 0 amide bonds. The molecule has 0 spiro atoms. The third-order valence-electron chi connectivity index (χ3n) is 2.98. The van der Waals surface area contributed by atoms with Gasteiger partial charge < -0.3 is 4.42 Å². The van der Waals surface area contributed by atoms with Crippen LogP contribution >= 0.6 is 0 Å². The van der Waals surface area contributed by atoms with Crippen molar-refractivity contribution in [3.63, 3.8) is 0 Å². The molecule has 1 aromatic heterocycles. The fourth-order valence-corrected chi connectivity index (χ4v) is 2.09. The summed E-state index contributed by atoms with van der Waals surface area (Å²) in [5.74, 6) is 0.908. The molecule has 0 fully saturated rings. The summed E-state index contributed by atoms with van der Waals surface area (Å²) in [5.41, 5.74) is 2.00. The quantitative estimate of drug-likeness (QED) is 0.753. The molecule has 0 bridgehead atoms. The van der Waals surface area contributed by atoms with Gasteiger partial charge in [0.05, 0.1) is 5.56 Å². The molecule has 0 saturated carbocycles. The summed E-state index contributed by atoms with van der Waals surface area (Å²) in [6, 6.07) is 4.87. The maximum absolute atomic E-state index is 13.5. The van der Waals surface area contributed by atoms with Crippen molar-refractivity contribution in [3.8, 4) is 0 Å². The van der Waals surface area contributed by atoms with Crippen molar-refractivity contribution in [1.29, 1.82) is 0 Å². The Morgan fingerprint density at radius 3 is 2.06 bits per heavy atom. The molecule has 2 rings (SSSR count). The van der Waals surface area contributed by atoms with E-state index >= 15 is 0 Å². The minimum Gasteiger partial charge on any atom is -0.466 e. The Morgan fingerprint density at radius 1 is 1.06 bits per heavy atom. The minimum atomic E-state index is -0.258. The largest absolute Gasteiger partial charge is 0.466 e. The number of hydrogen-bond donors (Lipinski definition) is 0. The highest BCUT2D eigenvalue weighted by molar-refractivity contribution is 6.09. The van der Waals surface area contributed by atoms with Crippen molar-refractivity contribution in [2.45, 2.75) is 27.7 Å². The predicted octanol–water partition coefficient (Wildman–Crippen LogP) is 3.88. The van der Waals surface area contributed by atoms with Crippen LogP contribution in [0, 0.1) is 33.5 Å². The van der Waals surface area contributed by atoms with Gasteiger partial charge >= 0.3 is 0 Å². The smallest absolute Gasteiger partial charge is 0.196 e. The van der Waals surface area contributed by atoms with Crippen LogP contribution < -0.4 is 0 Å². The normalized spacial score (nSPS) is 10.7. The summed E-state index contributed by atoms with van der Waals surface area (Å²) < 4.78 is 18.9. The van der Waals surface area contributed by atoms with E-state index in [0.717, 1.165) is 0 Å². The Balaban J connectivity index is 2.50. The van der Waals surface area contributed by atoms with Gasteiger partial charge in [0.25, 0.3) is 0 Å². The van der Waals surface area contributed by atoms with E-state index in [2.05, 4.69) is 0 Å². The Bertz CT molecular complexity index is 600. The zero-order chi connectivity index (χ0) is 13.4. The molecular formula is C15H15FO2. The van der Waals surface area contributed by atoms with Crippen LogP contribution in [0.3, 0.4) is 0 Å². The lowest BCUT2D eigenvalue weighted by Crippen LogP contribution is -2.04. The molecule has 2 nitrogen and oxygen atoms in total. The molecule has 3 heteroatoms. The van der Waals surface area contributed by atoms with Gasteiger partial charge in [-0.15, -0.1) is 0 Å². The Hall–Kier alpha value is -1.90. The molecule has 0 aliphatic heterocycles. The number of ketones is 1. The van der Waals surface area contributed by atoms with Gasteiger partial charge in [-0.3, -0.25) is 4.79 Å². The first-order valence-electron chi connectivity index (χ1n) is 5.78. The second-order valence-corrected chi connectivity index (χ2v) is 4.58. The van der Waals surface area contributed by atoms with E-state index in [1.807, 2.05) is 0 Å². The maximum atomic E-state index is 13.5. The molecule has 94 valence electrons. The van der Waals surface area contributed by atoms with Gasteiger partial charge in [-0.25, -0.2) is 4.39 Å². The maximum Gasteiger partial charge on any atom is 0.196 e. The number of carbonyl (C=O) groups is 1. The van der Waals surface area contributed by atoms with Gasteiger partial charge in [0.2, 0.25) is 0 Å². The zero-order valence-corrected chi connectivity index (χ0v) is 10.9. The first-order valence-corrected chi connectivity index (χ1v) is 5.78. The average Bonchev–Trinajstić information content (AvgIpc) is 2.63. The highest BCUT2D eigenvalue weighted by Gasteiger charge is 2.17. The minimum absolute atomic E-state index is 0.129. The number of halogens is 1. The topological polar surface area (TPSA) is 30.2 Å². The third-order valence-corrected chi connectivity index (χ3v) is 2.98. The van der Waals surface area contributed by atoms with E-state index in [9.17, 15) is 9.18 Å². The van der Waals surface area contributed by atoms with Crippen molar-refractivity contribution in [3.05, 3.63) is 57.8 Å². The SMILES string of the molecule is Cc1cc(C(=O)c2cc(C)c(F)c(C)c2)c(C)o1. The lowest BCUT2D eigenvalue weighted by Gasteiger charge is -2.05. The number of hydrogen-bond acceptors (Lipinski definition) is 2. The second kappa shape index (κ2) is 4.41. The van der Waals surface area contributed by atoms with Crippen LogP contribution in [-0.2, 0) is 0 Å². The third kappa shape index (κ3) is 2.08. The van der Waals surface area contributed by atoms with Crippen molar-refractivity contribution in [2.24, 2.45) is 0 Å². The molecule has 18 heavy (non-hydrogen) atoms. The van der Waals surface area contributed by atoms with Crippen LogP contribution in [0.5, 0.6) is 0 Å². The molecule has 0 N–H and O–H groups in total. The van der Waals surface area contributed by atoms with Gasteiger partial charge in [0.1, 0.15) is 17.3 Å². The molecule has 0 unspecified atom stereocenters. The summed E-state index contributed by atoms with van der Waals surface area (Å²) in [6.45, 7) is 6.87. The summed E-state index contributed by atoms with van der Waals surface area (Å²) in [4.78, 5) is 12.3. The van der Waals surface area contributed by atoms with Crippen LogP contribution in [0.2, 0.25) is 0 Å². The Labute approximate surface area is 105 Å². The number of furan rings is 1. The number of carbonyl (C=O) groups excluding carboxylic acids is 1. The van der Waals surface area contributed by atoms with Crippen molar-refractivity contribution in [1.82, 2.24) is 0 Å². The number of rotatable bonds is 2. The van der Waals surface area contributed by atoms with Crippen LogP contribution in [0.4, 0.5) is 4.39 Å². The standard InChI is InChI=1S/C15H15FO2/c1-8-5-12(6-9(2)14(8)16)15(17)13-7-10(3)18-11(13)4/h5-7H,1-4H3. The molecule has 0 saturated heterocycles. The van der Waals surface area contributed by atoms with Gasteiger partial charge in [0.15, 0.2) is 5.78 Å². The highest BCUT2D eigenvalue weighted by atomic mass is 19.1. The molecule has 0 aliphatic carbocycles. The van der Waals surface area contributed by atoms with Crippen LogP contribution in [0.15, 0.2) is 22.6 Å². The van der Waals surface area contributed by atoms with Gasteiger partial charge in [-0.2, -0.15) is 0 Å². The first-order chi connectivity index (χ1) is 8.40. The van der Waals surface area contributed by atoms with Crippen LogP contribution in [-0.4, -0.2) is 5.78 Å². The summed E-state index contributed by atoms with van der Waals surface area (Å²) >= 11 is 0. The van der Waals surface area contributed by atoms with E-state index in [1.54, 1.807) is 45.9 Å². The van der Waals surface area contributed by atoms with Crippen molar-refractivity contribution in [2.75, 3.05) is 0 Å². The van der Waals surface area contributed by atoms with Crippen LogP contribution in [0.1, 0.15) is 38.6 Å². The van der Waals surface area contributed by atoms with Gasteiger partial charge in [-0.05, 0) is 57.0 Å². The van der Waals surface area contributed by atoms with E-state index in [4.69, 9.17) is 4.42 Å². The Kier molecular flexibility index (Phi) is 3.07. The van der Waals surface area contributed by atoms with Gasteiger partial charge in [0, 0.05) is 5.56 Å². The molecular weight excluding hydrogens is 231 g/mol. The fourth-order valence-electron chi connectivity index (χ4n) is 2.09. The summed E-state index contributed by atoms with van der Waals surface area (Å²) in [5, 5.41) is 0. The molecule has 1 heterocycles. The monoisotopic (exact) mass is 246 g/mol. The summed E-state index contributed by atoms with van der Waals surface area (Å²) in [6.07, 6.45) is 0. The molecule has 0 aliphatic rings. The van der Waals surface area contributed by atoms with Crippen LogP contribution in [0.25, 0.3) is 0 Å². The zero-order valence-electron chi connectivity index (χ0n) is 10.9. The lowest BCUT2D eigenvalue weighted by molar-refractivity contribution is 0.103. The first kappa shape index (κ1) is 12.6. The predicted molar refractivity (Wildman–Crippen MR) is 67.5 cm³/mol.